The summed E-state index contributed by atoms with van der Waals surface area (Å²) in [5, 5.41) is 4.14. The van der Waals surface area contributed by atoms with Gasteiger partial charge in [0.2, 0.25) is 0 Å². The molecule has 0 unspecified atom stereocenters. The molecule has 2 aromatic heterocycles. The molecular formula is C20H13F5N4O. The maximum atomic E-state index is 14.0. The van der Waals surface area contributed by atoms with Crippen molar-refractivity contribution in [1.29, 1.82) is 0 Å². The summed E-state index contributed by atoms with van der Waals surface area (Å²) < 4.78 is 68.0. The van der Waals surface area contributed by atoms with Crippen molar-refractivity contribution in [3.8, 4) is 11.4 Å². The fourth-order valence-corrected chi connectivity index (χ4v) is 3.08. The number of nitrogens with zero attached hydrogens (tertiary/aromatic N) is 4. The van der Waals surface area contributed by atoms with E-state index in [4.69, 9.17) is 0 Å². The molecule has 0 saturated carbocycles. The Morgan fingerprint density at radius 3 is 2.37 bits per heavy atom. The molecule has 0 bridgehead atoms. The molecule has 0 aliphatic heterocycles. The summed E-state index contributed by atoms with van der Waals surface area (Å²) in [5.41, 5.74) is -0.655. The van der Waals surface area contributed by atoms with Crippen LogP contribution >= 0.6 is 0 Å². The summed E-state index contributed by atoms with van der Waals surface area (Å²) in [6.45, 7) is 1.32. The van der Waals surface area contributed by atoms with Gasteiger partial charge in [0.25, 0.3) is 0 Å². The number of hydrogen-bond donors (Lipinski definition) is 0. The van der Waals surface area contributed by atoms with E-state index in [-0.39, 0.29) is 29.1 Å². The van der Waals surface area contributed by atoms with Gasteiger partial charge in [0, 0.05) is 22.9 Å². The molecule has 30 heavy (non-hydrogen) atoms. The monoisotopic (exact) mass is 420 g/mol. The molecule has 0 atom stereocenters. The maximum Gasteiger partial charge on any atom is 0.416 e. The maximum absolute atomic E-state index is 14.0. The van der Waals surface area contributed by atoms with E-state index in [9.17, 15) is 26.7 Å². The Morgan fingerprint density at radius 1 is 1.00 bits per heavy atom. The Bertz CT molecular complexity index is 1310. The van der Waals surface area contributed by atoms with Crippen molar-refractivity contribution in [3.63, 3.8) is 0 Å². The quantitative estimate of drug-likeness (QED) is 0.467. The molecule has 0 N–H and O–H groups in total. The van der Waals surface area contributed by atoms with E-state index >= 15 is 0 Å². The molecule has 0 radical (unpaired) electrons. The van der Waals surface area contributed by atoms with Gasteiger partial charge in [-0.3, -0.25) is 0 Å². The molecule has 0 aliphatic carbocycles. The van der Waals surface area contributed by atoms with Crippen LogP contribution in [-0.2, 0) is 12.7 Å². The molecular weight excluding hydrogens is 407 g/mol. The van der Waals surface area contributed by atoms with Gasteiger partial charge in [-0.15, -0.1) is 5.10 Å². The van der Waals surface area contributed by atoms with Gasteiger partial charge in [0.15, 0.2) is 5.65 Å². The molecule has 0 saturated heterocycles. The van der Waals surface area contributed by atoms with Gasteiger partial charge in [-0.05, 0) is 37.3 Å². The van der Waals surface area contributed by atoms with E-state index in [0.29, 0.717) is 5.69 Å². The largest absolute Gasteiger partial charge is 0.416 e. The van der Waals surface area contributed by atoms with Crippen molar-refractivity contribution in [2.75, 3.05) is 0 Å². The number of benzene rings is 2. The molecule has 4 aromatic rings. The van der Waals surface area contributed by atoms with Gasteiger partial charge >= 0.3 is 11.9 Å². The first-order chi connectivity index (χ1) is 14.1. The van der Waals surface area contributed by atoms with Crippen LogP contribution in [0.2, 0.25) is 0 Å². The lowest BCUT2D eigenvalue weighted by atomic mass is 10.1. The van der Waals surface area contributed by atoms with Gasteiger partial charge < -0.3 is 0 Å². The average molecular weight is 420 g/mol. The van der Waals surface area contributed by atoms with E-state index in [1.54, 1.807) is 6.92 Å². The predicted octanol–water partition coefficient (Wildman–Crippen LogP) is 4.21. The number of aryl methyl sites for hydroxylation is 1. The lowest BCUT2D eigenvalue weighted by Crippen LogP contribution is -2.23. The zero-order chi connectivity index (χ0) is 21.6. The van der Waals surface area contributed by atoms with Gasteiger partial charge in [0.1, 0.15) is 17.5 Å². The van der Waals surface area contributed by atoms with Crippen LogP contribution in [0.5, 0.6) is 0 Å². The van der Waals surface area contributed by atoms with Crippen LogP contribution in [0.3, 0.4) is 0 Å². The zero-order valence-corrected chi connectivity index (χ0v) is 15.4. The van der Waals surface area contributed by atoms with Crippen LogP contribution in [0, 0.1) is 18.6 Å². The number of halogens is 5. The third-order valence-corrected chi connectivity index (χ3v) is 4.49. The Labute approximate surface area is 166 Å². The fourth-order valence-electron chi connectivity index (χ4n) is 3.08. The van der Waals surface area contributed by atoms with Crippen molar-refractivity contribution >= 4 is 5.65 Å². The highest BCUT2D eigenvalue weighted by atomic mass is 19.4. The van der Waals surface area contributed by atoms with Gasteiger partial charge in [-0.1, -0.05) is 12.1 Å². The minimum Gasteiger partial charge on any atom is -0.245 e. The summed E-state index contributed by atoms with van der Waals surface area (Å²) in [6.07, 6.45) is -4.50. The Hall–Kier alpha value is -3.56. The average Bonchev–Trinajstić information content (AvgIpc) is 2.98. The molecule has 5 nitrogen and oxygen atoms in total. The number of alkyl halides is 3. The van der Waals surface area contributed by atoms with Crippen LogP contribution in [0.4, 0.5) is 22.0 Å². The Morgan fingerprint density at radius 2 is 1.70 bits per heavy atom. The molecule has 0 fully saturated rings. The highest BCUT2D eigenvalue weighted by Gasteiger charge is 2.30. The van der Waals surface area contributed by atoms with E-state index < -0.39 is 29.1 Å². The molecule has 10 heteroatoms. The van der Waals surface area contributed by atoms with Crippen molar-refractivity contribution in [3.05, 3.63) is 87.5 Å². The first kappa shape index (κ1) is 19.7. The van der Waals surface area contributed by atoms with Crippen LogP contribution in [0.15, 0.2) is 53.3 Å². The van der Waals surface area contributed by atoms with Crippen molar-refractivity contribution in [2.45, 2.75) is 19.6 Å². The van der Waals surface area contributed by atoms with Gasteiger partial charge in [-0.25, -0.2) is 27.6 Å². The zero-order valence-electron chi connectivity index (χ0n) is 15.4. The number of fused-ring (bicyclic) bond motifs is 1. The van der Waals surface area contributed by atoms with Crippen LogP contribution in [0.25, 0.3) is 17.0 Å². The second-order valence-corrected chi connectivity index (χ2v) is 6.67. The molecule has 0 spiro atoms. The SMILES string of the molecule is Cc1cc2nn(Cc3cc(F)ccc3F)c(=O)n2c(-c2ccc(C(F)(F)F)cc2)n1. The van der Waals surface area contributed by atoms with Crippen molar-refractivity contribution in [2.24, 2.45) is 0 Å². The summed E-state index contributed by atoms with van der Waals surface area (Å²) in [7, 11) is 0. The third-order valence-electron chi connectivity index (χ3n) is 4.49. The smallest absolute Gasteiger partial charge is 0.245 e. The highest BCUT2D eigenvalue weighted by Crippen LogP contribution is 2.30. The first-order valence-corrected chi connectivity index (χ1v) is 8.72. The molecule has 2 heterocycles. The van der Waals surface area contributed by atoms with Crippen LogP contribution in [0.1, 0.15) is 16.8 Å². The normalized spacial score (nSPS) is 11.9. The minimum atomic E-state index is -4.50. The molecule has 0 aliphatic rings. The van der Waals surface area contributed by atoms with Gasteiger partial charge in [0.05, 0.1) is 12.1 Å². The second kappa shape index (κ2) is 7.05. The summed E-state index contributed by atoms with van der Waals surface area (Å²) in [6, 6.07) is 8.58. The summed E-state index contributed by atoms with van der Waals surface area (Å²) >= 11 is 0. The van der Waals surface area contributed by atoms with E-state index in [1.807, 2.05) is 0 Å². The lowest BCUT2D eigenvalue weighted by molar-refractivity contribution is -0.137. The molecule has 2 aromatic carbocycles. The standard InChI is InChI=1S/C20H13F5N4O/c1-11-8-17-27-28(10-13-9-15(21)6-7-16(13)22)19(30)29(17)18(26-11)12-2-4-14(5-3-12)20(23,24)25/h2-9H,10H2,1H3. The topological polar surface area (TPSA) is 52.2 Å². The Kier molecular flexibility index (Phi) is 4.64. The Balaban J connectivity index is 1.84. The number of rotatable bonds is 3. The number of hydrogen-bond acceptors (Lipinski definition) is 3. The number of aromatic nitrogens is 4. The molecule has 154 valence electrons. The van der Waals surface area contributed by atoms with Crippen molar-refractivity contribution in [1.82, 2.24) is 19.2 Å². The third kappa shape index (κ3) is 3.56. The highest BCUT2D eigenvalue weighted by molar-refractivity contribution is 5.60. The van der Waals surface area contributed by atoms with Crippen molar-refractivity contribution < 1.29 is 22.0 Å². The van der Waals surface area contributed by atoms with Crippen LogP contribution < -0.4 is 5.69 Å². The van der Waals surface area contributed by atoms with Gasteiger partial charge in [-0.2, -0.15) is 13.2 Å². The molecule has 4 rings (SSSR count). The van der Waals surface area contributed by atoms with E-state index in [2.05, 4.69) is 10.1 Å². The van der Waals surface area contributed by atoms with E-state index in [0.717, 1.165) is 39.4 Å². The fraction of sp³-hybridized carbons (Fsp3) is 0.150. The summed E-state index contributed by atoms with van der Waals surface area (Å²) in [4.78, 5) is 17.2. The first-order valence-electron chi connectivity index (χ1n) is 8.72. The van der Waals surface area contributed by atoms with E-state index in [1.165, 1.54) is 18.2 Å². The minimum absolute atomic E-state index is 0.0683. The summed E-state index contributed by atoms with van der Waals surface area (Å²) in [5.74, 6) is -1.27. The van der Waals surface area contributed by atoms with Crippen LogP contribution in [-0.4, -0.2) is 19.2 Å². The second-order valence-electron chi connectivity index (χ2n) is 6.67. The molecule has 0 amide bonds. The lowest BCUT2D eigenvalue weighted by Gasteiger charge is -2.08. The predicted molar refractivity (Wildman–Crippen MR) is 97.9 cm³/mol.